The average Bonchev–Trinajstić information content (AvgIpc) is 2.75. The third-order valence-electron chi connectivity index (χ3n) is 3.56. The normalized spacial score (nSPS) is 22.3. The van der Waals surface area contributed by atoms with Crippen molar-refractivity contribution >= 4 is 11.7 Å². The smallest absolute Gasteiger partial charge is 0.225 e. The lowest BCUT2D eigenvalue weighted by atomic mass is 9.80. The van der Waals surface area contributed by atoms with Gasteiger partial charge < -0.3 is 10.1 Å². The number of carbonyl (C=O) groups is 1. The van der Waals surface area contributed by atoms with Crippen molar-refractivity contribution in [3.63, 3.8) is 0 Å². The SMILES string of the molecule is CCOC1CC(CC(=O)Nc2cc(C(C)C)[nH]n2)C1. The molecule has 0 unspecified atom stereocenters. The summed E-state index contributed by atoms with van der Waals surface area (Å²) in [5.74, 6) is 1.51. The number of amides is 1. The zero-order chi connectivity index (χ0) is 13.8. The molecule has 0 aromatic carbocycles. The van der Waals surface area contributed by atoms with Gasteiger partial charge in [0.05, 0.1) is 6.10 Å². The van der Waals surface area contributed by atoms with Crippen LogP contribution < -0.4 is 5.32 Å². The Balaban J connectivity index is 1.72. The second-order valence-electron chi connectivity index (χ2n) is 5.53. The third kappa shape index (κ3) is 3.80. The van der Waals surface area contributed by atoms with E-state index in [1.165, 1.54) is 0 Å². The zero-order valence-electron chi connectivity index (χ0n) is 11.9. The summed E-state index contributed by atoms with van der Waals surface area (Å²) in [5, 5.41) is 9.86. The zero-order valence-corrected chi connectivity index (χ0v) is 11.9. The molecule has 0 spiro atoms. The molecule has 19 heavy (non-hydrogen) atoms. The maximum absolute atomic E-state index is 11.9. The fourth-order valence-corrected chi connectivity index (χ4v) is 2.37. The summed E-state index contributed by atoms with van der Waals surface area (Å²) in [6.45, 7) is 6.93. The molecule has 1 aliphatic rings. The van der Waals surface area contributed by atoms with E-state index in [1.54, 1.807) is 0 Å². The van der Waals surface area contributed by atoms with Crippen molar-refractivity contribution in [3.05, 3.63) is 11.8 Å². The summed E-state index contributed by atoms with van der Waals surface area (Å²) in [5.41, 5.74) is 1.04. The number of hydrogen-bond acceptors (Lipinski definition) is 3. The standard InChI is InChI=1S/C14H23N3O2/c1-4-19-11-5-10(6-11)7-14(18)15-13-8-12(9(2)3)16-17-13/h8-11H,4-7H2,1-3H3,(H2,15,16,17,18). The molecule has 0 radical (unpaired) electrons. The predicted molar refractivity (Wildman–Crippen MR) is 74.1 cm³/mol. The fraction of sp³-hybridized carbons (Fsp3) is 0.714. The van der Waals surface area contributed by atoms with Crippen LogP contribution in [0.2, 0.25) is 0 Å². The number of ether oxygens (including phenoxy) is 1. The molecule has 1 aromatic rings. The van der Waals surface area contributed by atoms with Gasteiger partial charge >= 0.3 is 0 Å². The summed E-state index contributed by atoms with van der Waals surface area (Å²) >= 11 is 0. The highest BCUT2D eigenvalue weighted by Gasteiger charge is 2.31. The van der Waals surface area contributed by atoms with Gasteiger partial charge in [-0.1, -0.05) is 13.8 Å². The summed E-state index contributed by atoms with van der Waals surface area (Å²) < 4.78 is 5.49. The topological polar surface area (TPSA) is 67.0 Å². The molecule has 1 fully saturated rings. The van der Waals surface area contributed by atoms with Crippen molar-refractivity contribution in [2.75, 3.05) is 11.9 Å². The molecule has 0 atom stereocenters. The first-order valence-electron chi connectivity index (χ1n) is 7.05. The van der Waals surface area contributed by atoms with Crippen LogP contribution in [0.5, 0.6) is 0 Å². The number of hydrogen-bond donors (Lipinski definition) is 2. The first-order chi connectivity index (χ1) is 9.08. The lowest BCUT2D eigenvalue weighted by Gasteiger charge is -2.34. The summed E-state index contributed by atoms with van der Waals surface area (Å²) in [6.07, 6.45) is 2.92. The molecule has 0 aliphatic heterocycles. The third-order valence-corrected chi connectivity index (χ3v) is 3.56. The van der Waals surface area contributed by atoms with Crippen molar-refractivity contribution < 1.29 is 9.53 Å². The van der Waals surface area contributed by atoms with Crippen LogP contribution in [0.1, 0.15) is 51.6 Å². The number of H-pyrrole nitrogens is 1. The Morgan fingerprint density at radius 2 is 2.32 bits per heavy atom. The maximum Gasteiger partial charge on any atom is 0.225 e. The van der Waals surface area contributed by atoms with Gasteiger partial charge in [0.15, 0.2) is 5.82 Å². The van der Waals surface area contributed by atoms with E-state index in [9.17, 15) is 4.79 Å². The highest BCUT2D eigenvalue weighted by Crippen LogP contribution is 2.32. The van der Waals surface area contributed by atoms with Gasteiger partial charge in [0.1, 0.15) is 0 Å². The molecule has 1 saturated carbocycles. The van der Waals surface area contributed by atoms with E-state index in [-0.39, 0.29) is 5.91 Å². The van der Waals surface area contributed by atoms with E-state index in [4.69, 9.17) is 4.74 Å². The van der Waals surface area contributed by atoms with Crippen LogP contribution in [0.15, 0.2) is 6.07 Å². The second-order valence-corrected chi connectivity index (χ2v) is 5.53. The van der Waals surface area contributed by atoms with Crippen LogP contribution in [0.4, 0.5) is 5.82 Å². The van der Waals surface area contributed by atoms with Crippen LogP contribution >= 0.6 is 0 Å². The average molecular weight is 265 g/mol. The lowest BCUT2D eigenvalue weighted by molar-refractivity contribution is -0.119. The van der Waals surface area contributed by atoms with Gasteiger partial charge in [0.2, 0.25) is 5.91 Å². The Morgan fingerprint density at radius 1 is 1.58 bits per heavy atom. The van der Waals surface area contributed by atoms with E-state index in [0.717, 1.165) is 25.1 Å². The van der Waals surface area contributed by atoms with Crippen molar-refractivity contribution in [3.8, 4) is 0 Å². The van der Waals surface area contributed by atoms with Crippen molar-refractivity contribution in [2.24, 2.45) is 5.92 Å². The van der Waals surface area contributed by atoms with Gasteiger partial charge in [-0.2, -0.15) is 5.10 Å². The van der Waals surface area contributed by atoms with Crippen LogP contribution in [0, 0.1) is 5.92 Å². The lowest BCUT2D eigenvalue weighted by Crippen LogP contribution is -2.33. The molecular weight excluding hydrogens is 242 g/mol. The number of nitrogens with zero attached hydrogens (tertiary/aromatic N) is 1. The maximum atomic E-state index is 11.9. The van der Waals surface area contributed by atoms with E-state index in [2.05, 4.69) is 29.4 Å². The minimum absolute atomic E-state index is 0.0433. The van der Waals surface area contributed by atoms with Gasteiger partial charge in [-0.3, -0.25) is 9.89 Å². The Bertz CT molecular complexity index is 422. The number of carbonyl (C=O) groups excluding carboxylic acids is 1. The largest absolute Gasteiger partial charge is 0.378 e. The minimum Gasteiger partial charge on any atom is -0.378 e. The quantitative estimate of drug-likeness (QED) is 0.831. The molecule has 0 saturated heterocycles. The van der Waals surface area contributed by atoms with Crippen LogP contribution in [0.25, 0.3) is 0 Å². The van der Waals surface area contributed by atoms with Gasteiger partial charge in [0, 0.05) is 24.8 Å². The monoisotopic (exact) mass is 265 g/mol. The number of aromatic amines is 1. The Kier molecular flexibility index (Phi) is 4.58. The fourth-order valence-electron chi connectivity index (χ4n) is 2.37. The molecule has 1 aliphatic carbocycles. The molecule has 2 N–H and O–H groups in total. The first-order valence-corrected chi connectivity index (χ1v) is 7.05. The van der Waals surface area contributed by atoms with Crippen molar-refractivity contribution in [2.45, 2.75) is 52.1 Å². The molecule has 5 nitrogen and oxygen atoms in total. The van der Waals surface area contributed by atoms with Gasteiger partial charge in [-0.05, 0) is 31.6 Å². The molecule has 1 aromatic heterocycles. The highest BCUT2D eigenvalue weighted by atomic mass is 16.5. The number of rotatable bonds is 6. The van der Waals surface area contributed by atoms with E-state index in [1.807, 2.05) is 13.0 Å². The molecule has 5 heteroatoms. The van der Waals surface area contributed by atoms with Crippen LogP contribution in [-0.2, 0) is 9.53 Å². The number of nitrogens with one attached hydrogen (secondary N) is 2. The van der Waals surface area contributed by atoms with Crippen molar-refractivity contribution in [1.29, 1.82) is 0 Å². The summed E-state index contributed by atoms with van der Waals surface area (Å²) in [6, 6.07) is 1.90. The molecule has 1 heterocycles. The van der Waals surface area contributed by atoms with Gasteiger partial charge in [-0.15, -0.1) is 0 Å². The Hall–Kier alpha value is -1.36. The van der Waals surface area contributed by atoms with E-state index >= 15 is 0 Å². The Labute approximate surface area is 114 Å². The number of aromatic nitrogens is 2. The van der Waals surface area contributed by atoms with E-state index < -0.39 is 0 Å². The molecule has 1 amide bonds. The highest BCUT2D eigenvalue weighted by molar-refractivity contribution is 5.90. The predicted octanol–water partition coefficient (Wildman–Crippen LogP) is 2.68. The minimum atomic E-state index is 0.0433. The van der Waals surface area contributed by atoms with Crippen molar-refractivity contribution in [1.82, 2.24) is 10.2 Å². The molecule has 0 bridgehead atoms. The first kappa shape index (κ1) is 14.1. The van der Waals surface area contributed by atoms with Crippen LogP contribution in [0.3, 0.4) is 0 Å². The molecular formula is C14H23N3O2. The number of anilines is 1. The van der Waals surface area contributed by atoms with Gasteiger partial charge in [-0.25, -0.2) is 0 Å². The molecule has 106 valence electrons. The Morgan fingerprint density at radius 3 is 2.89 bits per heavy atom. The van der Waals surface area contributed by atoms with E-state index in [0.29, 0.717) is 30.2 Å². The second kappa shape index (κ2) is 6.19. The van der Waals surface area contributed by atoms with Gasteiger partial charge in [0.25, 0.3) is 0 Å². The summed E-state index contributed by atoms with van der Waals surface area (Å²) in [7, 11) is 0. The van der Waals surface area contributed by atoms with Crippen LogP contribution in [-0.4, -0.2) is 28.8 Å². The molecule has 2 rings (SSSR count). The summed E-state index contributed by atoms with van der Waals surface area (Å²) in [4.78, 5) is 11.9.